The van der Waals surface area contributed by atoms with Gasteiger partial charge in [0.1, 0.15) is 11.5 Å². The van der Waals surface area contributed by atoms with E-state index in [0.29, 0.717) is 29.2 Å². The van der Waals surface area contributed by atoms with Gasteiger partial charge in [0.2, 0.25) is 0 Å². The van der Waals surface area contributed by atoms with Gasteiger partial charge >= 0.3 is 0 Å². The lowest BCUT2D eigenvalue weighted by atomic mass is 9.92. The Bertz CT molecular complexity index is 1560. The Morgan fingerprint density at radius 3 is 2.62 bits per heavy atom. The summed E-state index contributed by atoms with van der Waals surface area (Å²) in [7, 11) is 0. The van der Waals surface area contributed by atoms with Crippen molar-refractivity contribution in [1.29, 1.82) is 0 Å². The third kappa shape index (κ3) is 5.68. The van der Waals surface area contributed by atoms with Crippen molar-refractivity contribution in [2.45, 2.75) is 31.9 Å². The van der Waals surface area contributed by atoms with Crippen LogP contribution in [-0.4, -0.2) is 57.3 Å². The van der Waals surface area contributed by atoms with Gasteiger partial charge in [0.15, 0.2) is 0 Å². The number of amides is 1. The van der Waals surface area contributed by atoms with Crippen LogP contribution in [0.3, 0.4) is 0 Å². The summed E-state index contributed by atoms with van der Waals surface area (Å²) in [6, 6.07) is 18.2. The van der Waals surface area contributed by atoms with E-state index in [0.717, 1.165) is 66.7 Å². The summed E-state index contributed by atoms with van der Waals surface area (Å²) < 4.78 is 14.1. The summed E-state index contributed by atoms with van der Waals surface area (Å²) >= 11 is 0. The molecule has 0 unspecified atom stereocenters. The minimum atomic E-state index is -0.345. The van der Waals surface area contributed by atoms with E-state index in [-0.39, 0.29) is 17.8 Å². The number of carbonyl (C=O) groups is 1. The first-order valence-electron chi connectivity index (χ1n) is 13.6. The SMILES string of the molecule is O=C(Nc1ccc(-c2ccccc2F)nc1)C1=NCCc2ccc(-c3cncc(CN4CCC(O)CC4)c3)cc21. The molecular formula is C32H30FN5O2. The molecule has 1 amide bonds. The number of fused-ring (bicyclic) bond motifs is 1. The van der Waals surface area contributed by atoms with Crippen LogP contribution in [0.15, 0.2) is 84.2 Å². The van der Waals surface area contributed by atoms with Crippen molar-refractivity contribution >= 4 is 17.3 Å². The standard InChI is InChI=1S/C32H30FN5O2/c33-29-4-2-1-3-27(29)30-8-7-25(19-36-30)37-32(40)31-28-16-23(6-5-22(28)9-12-35-31)24-15-21(17-34-18-24)20-38-13-10-26(39)11-14-38/h1-8,15-19,26,39H,9-14,20H2,(H,37,40). The molecule has 2 aliphatic heterocycles. The highest BCUT2D eigenvalue weighted by atomic mass is 19.1. The quantitative estimate of drug-likeness (QED) is 0.367. The van der Waals surface area contributed by atoms with Crippen LogP contribution in [0.4, 0.5) is 10.1 Å². The zero-order valence-corrected chi connectivity index (χ0v) is 22.1. The number of anilines is 1. The highest BCUT2D eigenvalue weighted by Gasteiger charge is 2.22. The molecule has 2 aromatic carbocycles. The van der Waals surface area contributed by atoms with Gasteiger partial charge in [0.05, 0.1) is 23.7 Å². The van der Waals surface area contributed by atoms with Gasteiger partial charge < -0.3 is 10.4 Å². The van der Waals surface area contributed by atoms with Crippen LogP contribution in [0.5, 0.6) is 0 Å². The first-order chi connectivity index (χ1) is 19.5. The molecule has 0 radical (unpaired) electrons. The number of nitrogens with one attached hydrogen (secondary N) is 1. The number of piperidine rings is 1. The van der Waals surface area contributed by atoms with Crippen molar-refractivity contribution in [1.82, 2.24) is 14.9 Å². The maximum atomic E-state index is 14.1. The molecule has 2 N–H and O–H groups in total. The minimum absolute atomic E-state index is 0.196. The van der Waals surface area contributed by atoms with Crippen LogP contribution in [0.25, 0.3) is 22.4 Å². The second-order valence-corrected chi connectivity index (χ2v) is 10.3. The normalized spacial score (nSPS) is 15.8. The predicted molar refractivity (Wildman–Crippen MR) is 154 cm³/mol. The molecule has 0 bridgehead atoms. The third-order valence-corrected chi connectivity index (χ3v) is 7.49. The first kappa shape index (κ1) is 26.0. The maximum Gasteiger partial charge on any atom is 0.274 e. The summed E-state index contributed by atoms with van der Waals surface area (Å²) in [5, 5.41) is 12.7. The number of halogens is 1. The molecule has 0 spiro atoms. The summed E-state index contributed by atoms with van der Waals surface area (Å²) in [6.45, 7) is 3.08. The number of hydrogen-bond acceptors (Lipinski definition) is 6. The topological polar surface area (TPSA) is 90.7 Å². The van der Waals surface area contributed by atoms with E-state index in [2.05, 4.69) is 43.4 Å². The van der Waals surface area contributed by atoms with Gasteiger partial charge in [-0.1, -0.05) is 24.3 Å². The average molecular weight is 536 g/mol. The Balaban J connectivity index is 1.19. The Morgan fingerprint density at radius 2 is 1.82 bits per heavy atom. The number of aromatic nitrogens is 2. The summed E-state index contributed by atoms with van der Waals surface area (Å²) in [5.41, 5.74) is 6.76. The van der Waals surface area contributed by atoms with Crippen molar-refractivity contribution in [3.8, 4) is 22.4 Å². The van der Waals surface area contributed by atoms with Gasteiger partial charge in [-0.2, -0.15) is 0 Å². The molecule has 202 valence electrons. The van der Waals surface area contributed by atoms with Crippen molar-refractivity contribution < 1.29 is 14.3 Å². The fourth-order valence-corrected chi connectivity index (χ4v) is 5.32. The van der Waals surface area contributed by atoms with Crippen molar-refractivity contribution in [2.75, 3.05) is 25.0 Å². The average Bonchev–Trinajstić information content (AvgIpc) is 2.98. The second-order valence-electron chi connectivity index (χ2n) is 10.3. The Labute approximate surface area is 232 Å². The molecule has 2 aliphatic rings. The number of pyridine rings is 2. The fourth-order valence-electron chi connectivity index (χ4n) is 5.32. The lowest BCUT2D eigenvalue weighted by Crippen LogP contribution is -2.35. The smallest absolute Gasteiger partial charge is 0.274 e. The summed E-state index contributed by atoms with van der Waals surface area (Å²) in [4.78, 5) is 29.1. The number of nitrogens with zero attached hydrogens (tertiary/aromatic N) is 4. The molecule has 7 nitrogen and oxygen atoms in total. The van der Waals surface area contributed by atoms with Crippen molar-refractivity contribution in [3.63, 3.8) is 0 Å². The number of benzene rings is 2. The van der Waals surface area contributed by atoms with Gasteiger partial charge in [-0.3, -0.25) is 24.7 Å². The maximum absolute atomic E-state index is 14.1. The number of rotatable bonds is 6. The summed E-state index contributed by atoms with van der Waals surface area (Å²) in [5.74, 6) is -0.652. The van der Waals surface area contributed by atoms with E-state index in [1.807, 2.05) is 18.5 Å². The zero-order valence-electron chi connectivity index (χ0n) is 22.1. The predicted octanol–water partition coefficient (Wildman–Crippen LogP) is 4.89. The number of aliphatic imine (C=N–C) groups is 1. The Morgan fingerprint density at radius 1 is 0.975 bits per heavy atom. The molecule has 1 saturated heterocycles. The van der Waals surface area contributed by atoms with E-state index in [9.17, 15) is 14.3 Å². The van der Waals surface area contributed by atoms with E-state index >= 15 is 0 Å². The van der Waals surface area contributed by atoms with E-state index < -0.39 is 0 Å². The minimum Gasteiger partial charge on any atom is -0.393 e. The highest BCUT2D eigenvalue weighted by molar-refractivity contribution is 6.49. The Kier molecular flexibility index (Phi) is 7.44. The largest absolute Gasteiger partial charge is 0.393 e. The molecule has 0 atom stereocenters. The lowest BCUT2D eigenvalue weighted by molar-refractivity contribution is -0.110. The monoisotopic (exact) mass is 535 g/mol. The van der Waals surface area contributed by atoms with Crippen LogP contribution in [0.1, 0.15) is 29.5 Å². The van der Waals surface area contributed by atoms with Crippen LogP contribution in [0, 0.1) is 5.82 Å². The molecule has 1 fully saturated rings. The van der Waals surface area contributed by atoms with E-state index in [1.165, 1.54) is 12.3 Å². The van der Waals surface area contributed by atoms with Crippen molar-refractivity contribution in [3.05, 3.63) is 102 Å². The third-order valence-electron chi connectivity index (χ3n) is 7.49. The number of aliphatic hydroxyl groups is 1. The molecule has 2 aromatic heterocycles. The van der Waals surface area contributed by atoms with Crippen LogP contribution >= 0.6 is 0 Å². The van der Waals surface area contributed by atoms with Crippen LogP contribution in [-0.2, 0) is 17.8 Å². The number of likely N-dealkylation sites (tertiary alicyclic amines) is 1. The van der Waals surface area contributed by atoms with E-state index in [1.54, 1.807) is 30.3 Å². The second kappa shape index (κ2) is 11.5. The molecular weight excluding hydrogens is 505 g/mol. The number of hydrogen-bond donors (Lipinski definition) is 2. The van der Waals surface area contributed by atoms with Gasteiger partial charge in [-0.15, -0.1) is 0 Å². The molecule has 40 heavy (non-hydrogen) atoms. The molecule has 4 aromatic rings. The molecule has 6 rings (SSSR count). The lowest BCUT2D eigenvalue weighted by Gasteiger charge is -2.29. The zero-order chi connectivity index (χ0) is 27.5. The molecule has 4 heterocycles. The van der Waals surface area contributed by atoms with Gasteiger partial charge in [0, 0.05) is 55.3 Å². The first-order valence-corrected chi connectivity index (χ1v) is 13.6. The van der Waals surface area contributed by atoms with Crippen molar-refractivity contribution in [2.24, 2.45) is 4.99 Å². The fraction of sp³-hybridized carbons (Fsp3) is 0.250. The van der Waals surface area contributed by atoms with Crippen LogP contribution in [0.2, 0.25) is 0 Å². The molecule has 0 saturated carbocycles. The van der Waals surface area contributed by atoms with Gasteiger partial charge in [-0.05, 0) is 72.4 Å². The van der Waals surface area contributed by atoms with E-state index in [4.69, 9.17) is 0 Å². The molecule has 8 heteroatoms. The number of carbonyl (C=O) groups excluding carboxylic acids is 1. The highest BCUT2D eigenvalue weighted by Crippen LogP contribution is 2.27. The van der Waals surface area contributed by atoms with Crippen LogP contribution < -0.4 is 5.32 Å². The Hall–Kier alpha value is -4.27. The number of aliphatic hydroxyl groups excluding tert-OH is 1. The van der Waals surface area contributed by atoms with Gasteiger partial charge in [0.25, 0.3) is 5.91 Å². The van der Waals surface area contributed by atoms with Gasteiger partial charge in [-0.25, -0.2) is 4.39 Å². The molecule has 0 aliphatic carbocycles. The summed E-state index contributed by atoms with van der Waals surface area (Å²) in [6.07, 6.45) is 7.43.